The van der Waals surface area contributed by atoms with Crippen LogP contribution >= 0.6 is 0 Å². The van der Waals surface area contributed by atoms with E-state index in [2.05, 4.69) is 34.1 Å². The van der Waals surface area contributed by atoms with Gasteiger partial charge in [-0.1, -0.05) is 26.2 Å². The molecule has 0 nitrogen and oxygen atoms in total. The molecule has 0 aromatic carbocycles. The topological polar surface area (TPSA) is 0 Å². The summed E-state index contributed by atoms with van der Waals surface area (Å²) in [4.78, 5) is 0. The van der Waals surface area contributed by atoms with Crippen molar-refractivity contribution in [2.75, 3.05) is 0 Å². The second kappa shape index (κ2) is 4.37. The molecular weight excluding hydrogens is 209 g/mol. The van der Waals surface area contributed by atoms with E-state index in [0.29, 0.717) is 0 Å². The molecule has 0 saturated heterocycles. The van der Waals surface area contributed by atoms with Crippen molar-refractivity contribution in [3.8, 4) is 0 Å². The van der Waals surface area contributed by atoms with Crippen LogP contribution in [0.15, 0.2) is 0 Å². The Morgan fingerprint density at radius 3 is 2.36 bits per heavy atom. The van der Waals surface area contributed by atoms with Gasteiger partial charge in [-0.25, -0.2) is 0 Å². The maximum Gasteiger partial charge on any atom is 0 e. The first-order valence-corrected chi connectivity index (χ1v) is 4.26. The Kier molecular flexibility index (Phi) is 4.81. The summed E-state index contributed by atoms with van der Waals surface area (Å²) in [5, 5.41) is 0. The van der Waals surface area contributed by atoms with E-state index in [1.54, 1.807) is 0 Å². The van der Waals surface area contributed by atoms with Gasteiger partial charge in [-0.3, -0.25) is 5.41 Å². The van der Waals surface area contributed by atoms with Crippen molar-refractivity contribution in [1.29, 1.82) is 0 Å². The van der Waals surface area contributed by atoms with Gasteiger partial charge in [0, 0.05) is 32.7 Å². The van der Waals surface area contributed by atoms with Gasteiger partial charge >= 0.3 is 0 Å². The van der Waals surface area contributed by atoms with E-state index < -0.39 is 0 Å². The molecule has 0 N–H and O–H groups in total. The van der Waals surface area contributed by atoms with E-state index in [9.17, 15) is 0 Å². The molecule has 0 aliphatic heterocycles. The summed E-state index contributed by atoms with van der Waals surface area (Å²) in [5.41, 5.74) is 0.264. The second-order valence-electron chi connectivity index (χ2n) is 4.05. The molecule has 1 fully saturated rings. The van der Waals surface area contributed by atoms with Crippen molar-refractivity contribution in [3.05, 3.63) is 13.3 Å². The summed E-state index contributed by atoms with van der Waals surface area (Å²) in [6.07, 6.45) is 4.99. The second-order valence-corrected chi connectivity index (χ2v) is 4.05. The van der Waals surface area contributed by atoms with Gasteiger partial charge < -0.3 is 13.3 Å². The molecule has 0 aromatic heterocycles. The van der Waals surface area contributed by atoms with E-state index in [4.69, 9.17) is 0 Å². The molecule has 1 aliphatic carbocycles. The van der Waals surface area contributed by atoms with Crippen LogP contribution in [0.3, 0.4) is 0 Å². The van der Waals surface area contributed by atoms with Crippen molar-refractivity contribution < 1.29 is 32.7 Å². The molecule has 0 bridgehead atoms. The van der Waals surface area contributed by atoms with Crippen LogP contribution in [0.25, 0.3) is 0 Å². The van der Waals surface area contributed by atoms with Crippen LogP contribution in [-0.2, 0) is 32.7 Å². The average molecular weight is 227 g/mol. The zero-order valence-corrected chi connectivity index (χ0v) is 10.8. The molecule has 0 spiro atoms. The summed E-state index contributed by atoms with van der Waals surface area (Å²) < 4.78 is 0. The number of hydrogen-bond donors (Lipinski definition) is 0. The van der Waals surface area contributed by atoms with Crippen LogP contribution in [-0.4, -0.2) is 0 Å². The molecular formula is C10H18Y-2. The predicted molar refractivity (Wildman–Crippen MR) is 45.3 cm³/mol. The van der Waals surface area contributed by atoms with Gasteiger partial charge in [-0.2, -0.15) is 5.92 Å². The SMILES string of the molecule is [CH2-][C@]1(C)[CH-][C@@H](C)[C@@H](CC)C1.[Y]. The molecule has 0 heterocycles. The van der Waals surface area contributed by atoms with Crippen molar-refractivity contribution in [2.45, 2.75) is 33.6 Å². The van der Waals surface area contributed by atoms with E-state index in [1.165, 1.54) is 12.8 Å². The Bertz CT molecular complexity index is 118. The Hall–Kier alpha value is 1.10. The monoisotopic (exact) mass is 227 g/mol. The van der Waals surface area contributed by atoms with Crippen LogP contribution in [0.1, 0.15) is 33.6 Å². The number of hydrogen-bond acceptors (Lipinski definition) is 0. The Morgan fingerprint density at radius 2 is 2.18 bits per heavy atom. The van der Waals surface area contributed by atoms with E-state index in [-0.39, 0.29) is 38.1 Å². The largest absolute Gasteiger partial charge is 0.367 e. The molecule has 3 atom stereocenters. The van der Waals surface area contributed by atoms with Crippen molar-refractivity contribution >= 4 is 0 Å². The van der Waals surface area contributed by atoms with Gasteiger partial charge in [-0.15, -0.1) is 13.3 Å². The molecule has 0 unspecified atom stereocenters. The van der Waals surface area contributed by atoms with Gasteiger partial charge in [0.1, 0.15) is 0 Å². The van der Waals surface area contributed by atoms with E-state index >= 15 is 0 Å². The molecule has 1 rings (SSSR count). The Balaban J connectivity index is 0.000001000. The molecule has 1 aliphatic rings. The minimum atomic E-state index is 0. The summed E-state index contributed by atoms with van der Waals surface area (Å²) >= 11 is 0. The van der Waals surface area contributed by atoms with Gasteiger partial charge in [0.2, 0.25) is 0 Å². The van der Waals surface area contributed by atoms with Crippen molar-refractivity contribution in [2.24, 2.45) is 17.3 Å². The minimum absolute atomic E-state index is 0. The first-order chi connectivity index (χ1) is 4.55. The molecule has 0 amide bonds. The van der Waals surface area contributed by atoms with Crippen LogP contribution in [0.4, 0.5) is 0 Å². The molecule has 1 heteroatoms. The first kappa shape index (κ1) is 12.1. The van der Waals surface area contributed by atoms with Crippen LogP contribution in [0.2, 0.25) is 0 Å². The molecule has 11 heavy (non-hydrogen) atoms. The quantitative estimate of drug-likeness (QED) is 0.604. The summed E-state index contributed by atoms with van der Waals surface area (Å²) in [7, 11) is 0. The maximum absolute atomic E-state index is 4.16. The summed E-state index contributed by atoms with van der Waals surface area (Å²) in [5.74, 6) is 1.68. The minimum Gasteiger partial charge on any atom is -0.367 e. The van der Waals surface area contributed by atoms with E-state index in [1.807, 2.05) is 0 Å². The fraction of sp³-hybridized carbons (Fsp3) is 0.800. The normalized spacial score (nSPS) is 43.6. The zero-order chi connectivity index (χ0) is 7.78. The smallest absolute Gasteiger partial charge is 0 e. The molecule has 1 saturated carbocycles. The van der Waals surface area contributed by atoms with Crippen LogP contribution in [0, 0.1) is 30.6 Å². The van der Waals surface area contributed by atoms with Crippen molar-refractivity contribution in [3.63, 3.8) is 0 Å². The summed E-state index contributed by atoms with van der Waals surface area (Å²) in [6.45, 7) is 11.0. The third-order valence-electron chi connectivity index (χ3n) is 2.66. The predicted octanol–water partition coefficient (Wildman–Crippen LogP) is 3.09. The third kappa shape index (κ3) is 3.15. The van der Waals surface area contributed by atoms with Crippen LogP contribution < -0.4 is 0 Å². The number of rotatable bonds is 1. The Morgan fingerprint density at radius 1 is 1.64 bits per heavy atom. The van der Waals surface area contributed by atoms with E-state index in [0.717, 1.165) is 11.8 Å². The third-order valence-corrected chi connectivity index (χ3v) is 2.66. The first-order valence-electron chi connectivity index (χ1n) is 4.26. The maximum atomic E-state index is 4.16. The summed E-state index contributed by atoms with van der Waals surface area (Å²) in [6, 6.07) is 0. The standard InChI is InChI=1S/C10H18.Y/c1-5-9-7-10(3,4)6-8(9)2;/h6,8-9H,3,5,7H2,1-2,4H3;/q-2;/t8-,9+,10+;/m1./s1. The average Bonchev–Trinajstić information content (AvgIpc) is 2.05. The van der Waals surface area contributed by atoms with Crippen molar-refractivity contribution in [1.82, 2.24) is 0 Å². The molecule has 63 valence electrons. The van der Waals surface area contributed by atoms with Gasteiger partial charge in [0.05, 0.1) is 0 Å². The molecule has 1 radical (unpaired) electrons. The van der Waals surface area contributed by atoms with Gasteiger partial charge in [-0.05, 0) is 0 Å². The van der Waals surface area contributed by atoms with Gasteiger partial charge in [0.25, 0.3) is 0 Å². The van der Waals surface area contributed by atoms with Crippen LogP contribution in [0.5, 0.6) is 0 Å². The van der Waals surface area contributed by atoms with Gasteiger partial charge in [0.15, 0.2) is 0 Å². The molecule has 0 aromatic rings. The zero-order valence-electron chi connectivity index (χ0n) is 7.93. The Labute approximate surface area is 96.4 Å². The fourth-order valence-electron chi connectivity index (χ4n) is 2.14. The fourth-order valence-corrected chi connectivity index (χ4v) is 2.14.